The van der Waals surface area contributed by atoms with Crippen LogP contribution in [0, 0.1) is 0 Å². The predicted molar refractivity (Wildman–Crippen MR) is 120 cm³/mol. The van der Waals surface area contributed by atoms with Crippen LogP contribution < -0.4 is 16.4 Å². The van der Waals surface area contributed by atoms with E-state index in [1.165, 1.54) is 25.7 Å². The van der Waals surface area contributed by atoms with E-state index in [2.05, 4.69) is 10.6 Å². The van der Waals surface area contributed by atoms with Gasteiger partial charge in [-0.1, -0.05) is 64.7 Å². The van der Waals surface area contributed by atoms with Gasteiger partial charge in [0, 0.05) is 13.1 Å². The summed E-state index contributed by atoms with van der Waals surface area (Å²) in [6, 6.07) is 0. The number of hydrogen-bond acceptors (Lipinski definition) is 7. The second-order valence-electron chi connectivity index (χ2n) is 8.13. The van der Waals surface area contributed by atoms with Crippen molar-refractivity contribution in [1.82, 2.24) is 10.6 Å². The molecule has 8 N–H and O–H groups in total. The van der Waals surface area contributed by atoms with Gasteiger partial charge in [-0.15, -0.1) is 0 Å². The van der Waals surface area contributed by atoms with Crippen LogP contribution in [-0.2, 0) is 9.59 Å². The van der Waals surface area contributed by atoms with Crippen molar-refractivity contribution >= 4 is 11.8 Å². The van der Waals surface area contributed by atoms with Crippen molar-refractivity contribution in [3.8, 4) is 0 Å². The van der Waals surface area contributed by atoms with Gasteiger partial charge >= 0.3 is 0 Å². The number of unbranched alkanes of at least 4 members (excludes halogenated alkanes) is 10. The smallest absolute Gasteiger partial charge is 0.251 e. The van der Waals surface area contributed by atoms with Crippen LogP contribution in [0.5, 0.6) is 0 Å². The predicted octanol–water partition coefficient (Wildman–Crippen LogP) is 0.322. The number of carbonyl (C=O) groups is 2. The quantitative estimate of drug-likeness (QED) is 0.132. The van der Waals surface area contributed by atoms with Gasteiger partial charge < -0.3 is 36.8 Å². The molecule has 9 heteroatoms. The topological polar surface area (TPSA) is 165 Å². The summed E-state index contributed by atoms with van der Waals surface area (Å²) >= 11 is 0. The van der Waals surface area contributed by atoms with Crippen molar-refractivity contribution in [2.24, 2.45) is 5.73 Å². The first-order chi connectivity index (χ1) is 14.9. The van der Waals surface area contributed by atoms with E-state index in [-0.39, 0.29) is 0 Å². The van der Waals surface area contributed by atoms with E-state index >= 15 is 0 Å². The normalized spacial score (nSPS) is 15.2. The lowest BCUT2D eigenvalue weighted by molar-refractivity contribution is -0.155. The highest BCUT2D eigenvalue weighted by molar-refractivity contribution is 5.83. The van der Waals surface area contributed by atoms with Gasteiger partial charge in [-0.3, -0.25) is 9.59 Å². The molecule has 31 heavy (non-hydrogen) atoms. The van der Waals surface area contributed by atoms with Gasteiger partial charge in [0.15, 0.2) is 12.2 Å². The lowest BCUT2D eigenvalue weighted by atomic mass is 10.0. The third kappa shape index (κ3) is 14.4. The molecular formula is C22H45N3O6. The molecule has 0 unspecified atom stereocenters. The maximum Gasteiger partial charge on any atom is 0.251 e. The fourth-order valence-corrected chi connectivity index (χ4v) is 3.20. The molecule has 4 atom stereocenters. The molecule has 184 valence electrons. The Morgan fingerprint density at radius 1 is 0.645 bits per heavy atom. The van der Waals surface area contributed by atoms with E-state index in [1.807, 2.05) is 6.92 Å². The molecular weight excluding hydrogens is 402 g/mol. The maximum atomic E-state index is 12.0. The Bertz CT molecular complexity index is 467. The first kappa shape index (κ1) is 29.7. The molecule has 0 bridgehead atoms. The SMILES string of the molecule is CCCCCNC(=O)[C@H](O)[C@@H](O)[C@@H](O)[C@H](O)C(=O)NCCCCCCCCCCCN. The van der Waals surface area contributed by atoms with Crippen molar-refractivity contribution in [3.63, 3.8) is 0 Å². The standard InChI is InChI=1S/C22H45N3O6/c1-2-3-12-15-24-21(30)19(28)17(26)18(27)20(29)22(31)25-16-13-10-8-6-4-5-7-9-11-14-23/h17-20,26-29H,2-16,23H2,1H3,(H,24,30)(H,25,31)/t17-,18+,19+,20-/m0/s1. The summed E-state index contributed by atoms with van der Waals surface area (Å²) in [7, 11) is 0. The molecule has 0 rings (SSSR count). The highest BCUT2D eigenvalue weighted by Crippen LogP contribution is 2.10. The fourth-order valence-electron chi connectivity index (χ4n) is 3.20. The first-order valence-electron chi connectivity index (χ1n) is 11.8. The average Bonchev–Trinajstić information content (AvgIpc) is 2.77. The molecule has 0 heterocycles. The van der Waals surface area contributed by atoms with Gasteiger partial charge in [-0.05, 0) is 25.8 Å². The zero-order chi connectivity index (χ0) is 23.5. The Kier molecular flexibility index (Phi) is 18.6. The largest absolute Gasteiger partial charge is 0.387 e. The van der Waals surface area contributed by atoms with Crippen LogP contribution in [0.3, 0.4) is 0 Å². The molecule has 0 aliphatic rings. The summed E-state index contributed by atoms with van der Waals surface area (Å²) in [6.45, 7) is 3.45. The number of aliphatic hydroxyl groups excluding tert-OH is 4. The number of rotatable bonds is 20. The maximum absolute atomic E-state index is 12.0. The number of aliphatic hydroxyl groups is 4. The van der Waals surface area contributed by atoms with E-state index in [0.29, 0.717) is 13.1 Å². The zero-order valence-corrected chi connectivity index (χ0v) is 19.1. The van der Waals surface area contributed by atoms with Crippen molar-refractivity contribution < 1.29 is 30.0 Å². The van der Waals surface area contributed by atoms with Crippen LogP contribution in [0.2, 0.25) is 0 Å². The third-order valence-electron chi connectivity index (χ3n) is 5.29. The number of nitrogens with two attached hydrogens (primary N) is 1. The van der Waals surface area contributed by atoms with Crippen LogP contribution in [0.15, 0.2) is 0 Å². The summed E-state index contributed by atoms with van der Waals surface area (Å²) in [5, 5.41) is 44.6. The van der Waals surface area contributed by atoms with Crippen LogP contribution in [0.25, 0.3) is 0 Å². The van der Waals surface area contributed by atoms with E-state index < -0.39 is 36.2 Å². The molecule has 0 saturated carbocycles. The first-order valence-corrected chi connectivity index (χ1v) is 11.8. The lowest BCUT2D eigenvalue weighted by Crippen LogP contribution is -2.54. The van der Waals surface area contributed by atoms with Gasteiger partial charge in [0.05, 0.1) is 0 Å². The van der Waals surface area contributed by atoms with Gasteiger partial charge in [0.2, 0.25) is 0 Å². The van der Waals surface area contributed by atoms with Gasteiger partial charge in [-0.25, -0.2) is 0 Å². The van der Waals surface area contributed by atoms with E-state index in [1.54, 1.807) is 0 Å². The van der Waals surface area contributed by atoms with E-state index in [4.69, 9.17) is 5.73 Å². The number of nitrogens with one attached hydrogen (secondary N) is 2. The van der Waals surface area contributed by atoms with Crippen LogP contribution >= 0.6 is 0 Å². The zero-order valence-electron chi connectivity index (χ0n) is 19.1. The highest BCUT2D eigenvalue weighted by atomic mass is 16.4. The second kappa shape index (κ2) is 19.4. The van der Waals surface area contributed by atoms with E-state index in [9.17, 15) is 30.0 Å². The number of amides is 2. The fraction of sp³-hybridized carbons (Fsp3) is 0.909. The molecule has 0 saturated heterocycles. The summed E-state index contributed by atoms with van der Waals surface area (Å²) in [6.07, 6.45) is 4.57. The summed E-state index contributed by atoms with van der Waals surface area (Å²) in [5.41, 5.74) is 5.46. The summed E-state index contributed by atoms with van der Waals surface area (Å²) in [5.74, 6) is -1.70. The van der Waals surface area contributed by atoms with Crippen LogP contribution in [-0.4, -0.2) is 76.3 Å². The lowest BCUT2D eigenvalue weighted by Gasteiger charge is -2.25. The van der Waals surface area contributed by atoms with Crippen molar-refractivity contribution in [3.05, 3.63) is 0 Å². The minimum absolute atomic E-state index is 0.337. The monoisotopic (exact) mass is 447 g/mol. The molecule has 0 aromatic heterocycles. The number of carbonyl (C=O) groups excluding carboxylic acids is 2. The minimum Gasteiger partial charge on any atom is -0.387 e. The Balaban J connectivity index is 3.97. The van der Waals surface area contributed by atoms with Crippen molar-refractivity contribution in [2.45, 2.75) is 108 Å². The molecule has 0 aromatic carbocycles. The van der Waals surface area contributed by atoms with E-state index in [0.717, 1.165) is 57.9 Å². The van der Waals surface area contributed by atoms with Crippen LogP contribution in [0.1, 0.15) is 84.0 Å². The Morgan fingerprint density at radius 2 is 1.00 bits per heavy atom. The number of hydrogen-bond donors (Lipinski definition) is 7. The molecule has 0 aliphatic carbocycles. The average molecular weight is 448 g/mol. The van der Waals surface area contributed by atoms with Gasteiger partial charge in [0.1, 0.15) is 12.2 Å². The highest BCUT2D eigenvalue weighted by Gasteiger charge is 2.37. The van der Waals surface area contributed by atoms with Crippen molar-refractivity contribution in [2.75, 3.05) is 19.6 Å². The van der Waals surface area contributed by atoms with Gasteiger partial charge in [0.25, 0.3) is 11.8 Å². The Labute approximate surface area is 186 Å². The Morgan fingerprint density at radius 3 is 1.39 bits per heavy atom. The molecule has 0 spiro atoms. The van der Waals surface area contributed by atoms with Crippen LogP contribution in [0.4, 0.5) is 0 Å². The molecule has 0 aromatic rings. The van der Waals surface area contributed by atoms with Crippen molar-refractivity contribution in [1.29, 1.82) is 0 Å². The molecule has 0 radical (unpaired) electrons. The summed E-state index contributed by atoms with van der Waals surface area (Å²) in [4.78, 5) is 23.8. The van der Waals surface area contributed by atoms with Gasteiger partial charge in [-0.2, -0.15) is 0 Å². The third-order valence-corrected chi connectivity index (χ3v) is 5.29. The minimum atomic E-state index is -1.98. The molecule has 9 nitrogen and oxygen atoms in total. The summed E-state index contributed by atoms with van der Waals surface area (Å²) < 4.78 is 0. The molecule has 2 amide bonds. The Hall–Kier alpha value is -1.26. The molecule has 0 aliphatic heterocycles. The second-order valence-corrected chi connectivity index (χ2v) is 8.13. The molecule has 0 fully saturated rings.